The number of rotatable bonds is 8. The number of nitrogens with one attached hydrogen (secondary N) is 2. The molecule has 2 amide bonds. The third kappa shape index (κ3) is 6.99. The van der Waals surface area contributed by atoms with Crippen molar-refractivity contribution in [1.29, 1.82) is 0 Å². The van der Waals surface area contributed by atoms with Gasteiger partial charge >= 0.3 is 6.03 Å². The zero-order chi connectivity index (χ0) is 15.7. The van der Waals surface area contributed by atoms with E-state index >= 15 is 0 Å². The Morgan fingerprint density at radius 3 is 2.52 bits per heavy atom. The Labute approximate surface area is 126 Å². The highest BCUT2D eigenvalue weighted by atomic mass is 16.5. The van der Waals surface area contributed by atoms with Gasteiger partial charge in [0.05, 0.1) is 12.6 Å². The van der Waals surface area contributed by atoms with Crippen LogP contribution in [-0.4, -0.2) is 36.9 Å². The molecule has 0 aliphatic carbocycles. The molecule has 1 atom stereocenters. The normalized spacial score (nSPS) is 12.0. The van der Waals surface area contributed by atoms with Crippen molar-refractivity contribution < 1.29 is 14.6 Å². The minimum Gasteiger partial charge on any atom is -0.491 e. The number of ether oxygens (including phenoxy) is 1. The van der Waals surface area contributed by atoms with E-state index in [0.29, 0.717) is 32.0 Å². The van der Waals surface area contributed by atoms with Gasteiger partial charge in [-0.25, -0.2) is 4.79 Å². The van der Waals surface area contributed by atoms with E-state index in [9.17, 15) is 4.79 Å². The minimum atomic E-state index is -0.402. The molecular weight excluding hydrogens is 268 g/mol. The fraction of sp³-hybridized carbons (Fsp3) is 0.562. The van der Waals surface area contributed by atoms with Crippen molar-refractivity contribution in [2.45, 2.75) is 39.2 Å². The van der Waals surface area contributed by atoms with E-state index < -0.39 is 6.10 Å². The van der Waals surface area contributed by atoms with E-state index in [2.05, 4.69) is 30.5 Å². The number of carbonyl (C=O) groups excluding carboxylic acids is 1. The minimum absolute atomic E-state index is 0.239. The second-order valence-corrected chi connectivity index (χ2v) is 5.36. The van der Waals surface area contributed by atoms with E-state index in [1.54, 1.807) is 6.92 Å². The standard InChI is InChI=1S/C16H26N2O3/c1-12(2)14-6-4-5-7-15(14)21-11-10-18-16(20)17-9-8-13(3)19/h4-7,12-13,19H,8-11H2,1-3H3,(H2,17,18,20). The van der Waals surface area contributed by atoms with Gasteiger partial charge < -0.3 is 20.5 Å². The molecule has 0 fully saturated rings. The summed E-state index contributed by atoms with van der Waals surface area (Å²) in [5, 5.41) is 14.5. The summed E-state index contributed by atoms with van der Waals surface area (Å²) in [4.78, 5) is 11.5. The Bertz CT molecular complexity index is 433. The van der Waals surface area contributed by atoms with Crippen molar-refractivity contribution >= 4 is 6.03 Å². The van der Waals surface area contributed by atoms with E-state index in [0.717, 1.165) is 5.75 Å². The molecular formula is C16H26N2O3. The van der Waals surface area contributed by atoms with Crippen LogP contribution in [0, 0.1) is 0 Å². The number of urea groups is 1. The highest BCUT2D eigenvalue weighted by molar-refractivity contribution is 5.73. The molecule has 0 bridgehead atoms. The zero-order valence-corrected chi connectivity index (χ0v) is 13.1. The molecule has 0 saturated heterocycles. The van der Waals surface area contributed by atoms with Crippen LogP contribution in [-0.2, 0) is 0 Å². The van der Waals surface area contributed by atoms with Crippen molar-refractivity contribution in [1.82, 2.24) is 10.6 Å². The summed E-state index contributed by atoms with van der Waals surface area (Å²) in [6, 6.07) is 7.69. The summed E-state index contributed by atoms with van der Waals surface area (Å²) < 4.78 is 5.71. The van der Waals surface area contributed by atoms with Gasteiger partial charge in [0.1, 0.15) is 12.4 Å². The van der Waals surface area contributed by atoms with Crippen molar-refractivity contribution in [2.24, 2.45) is 0 Å². The predicted molar refractivity (Wildman–Crippen MR) is 83.7 cm³/mol. The predicted octanol–water partition coefficient (Wildman–Crippen LogP) is 2.26. The van der Waals surface area contributed by atoms with Gasteiger partial charge in [-0.3, -0.25) is 0 Å². The number of aliphatic hydroxyl groups is 1. The molecule has 1 unspecified atom stereocenters. The molecule has 0 spiro atoms. The van der Waals surface area contributed by atoms with E-state index in [4.69, 9.17) is 9.84 Å². The van der Waals surface area contributed by atoms with Gasteiger partial charge in [0.15, 0.2) is 0 Å². The molecule has 5 nitrogen and oxygen atoms in total. The second kappa shape index (κ2) is 9.23. The summed E-state index contributed by atoms with van der Waals surface area (Å²) in [6.07, 6.45) is 0.146. The fourth-order valence-corrected chi connectivity index (χ4v) is 1.87. The van der Waals surface area contributed by atoms with E-state index in [1.165, 1.54) is 5.56 Å². The van der Waals surface area contributed by atoms with Crippen LogP contribution in [0.3, 0.4) is 0 Å². The molecule has 0 aliphatic rings. The smallest absolute Gasteiger partial charge is 0.314 e. The number of hydrogen-bond donors (Lipinski definition) is 3. The fourth-order valence-electron chi connectivity index (χ4n) is 1.87. The highest BCUT2D eigenvalue weighted by Gasteiger charge is 2.06. The maximum atomic E-state index is 11.5. The van der Waals surface area contributed by atoms with Crippen LogP contribution in [0.2, 0.25) is 0 Å². The molecule has 0 saturated carbocycles. The van der Waals surface area contributed by atoms with Crippen LogP contribution >= 0.6 is 0 Å². The number of carbonyl (C=O) groups is 1. The number of aliphatic hydroxyl groups excluding tert-OH is 1. The number of amides is 2. The van der Waals surface area contributed by atoms with Gasteiger partial charge in [-0.1, -0.05) is 32.0 Å². The molecule has 118 valence electrons. The molecule has 0 heterocycles. The first kappa shape index (κ1) is 17.3. The maximum absolute atomic E-state index is 11.5. The Morgan fingerprint density at radius 1 is 1.19 bits per heavy atom. The number of benzene rings is 1. The van der Waals surface area contributed by atoms with E-state index in [-0.39, 0.29) is 6.03 Å². The van der Waals surface area contributed by atoms with Crippen molar-refractivity contribution in [3.05, 3.63) is 29.8 Å². The van der Waals surface area contributed by atoms with Crippen LogP contribution in [0.5, 0.6) is 5.75 Å². The highest BCUT2D eigenvalue weighted by Crippen LogP contribution is 2.25. The molecule has 0 aliphatic heterocycles. The lowest BCUT2D eigenvalue weighted by atomic mass is 10.0. The van der Waals surface area contributed by atoms with Crippen LogP contribution in [0.4, 0.5) is 4.79 Å². The Morgan fingerprint density at radius 2 is 1.86 bits per heavy atom. The summed E-state index contributed by atoms with van der Waals surface area (Å²) in [5.41, 5.74) is 1.17. The van der Waals surface area contributed by atoms with Gasteiger partial charge in [-0.2, -0.15) is 0 Å². The number of hydrogen-bond acceptors (Lipinski definition) is 3. The monoisotopic (exact) mass is 294 g/mol. The molecule has 1 aromatic rings. The van der Waals surface area contributed by atoms with Gasteiger partial charge in [-0.05, 0) is 30.9 Å². The quantitative estimate of drug-likeness (QED) is 0.644. The second-order valence-electron chi connectivity index (χ2n) is 5.36. The SMILES string of the molecule is CC(O)CCNC(=O)NCCOc1ccccc1C(C)C. The van der Waals surface area contributed by atoms with Crippen LogP contribution < -0.4 is 15.4 Å². The molecule has 0 radical (unpaired) electrons. The van der Waals surface area contributed by atoms with Gasteiger partial charge in [0.25, 0.3) is 0 Å². The topological polar surface area (TPSA) is 70.6 Å². The van der Waals surface area contributed by atoms with Crippen molar-refractivity contribution in [2.75, 3.05) is 19.7 Å². The van der Waals surface area contributed by atoms with E-state index in [1.807, 2.05) is 18.2 Å². The first-order valence-corrected chi connectivity index (χ1v) is 7.42. The summed E-state index contributed by atoms with van der Waals surface area (Å²) in [5.74, 6) is 1.27. The molecule has 5 heteroatoms. The Kier molecular flexibility index (Phi) is 7.61. The third-order valence-corrected chi connectivity index (χ3v) is 3.03. The van der Waals surface area contributed by atoms with Crippen LogP contribution in [0.25, 0.3) is 0 Å². The van der Waals surface area contributed by atoms with Gasteiger partial charge in [0.2, 0.25) is 0 Å². The van der Waals surface area contributed by atoms with Crippen LogP contribution in [0.1, 0.15) is 38.7 Å². The first-order valence-electron chi connectivity index (χ1n) is 7.42. The number of para-hydroxylation sites is 1. The van der Waals surface area contributed by atoms with Crippen molar-refractivity contribution in [3.8, 4) is 5.75 Å². The maximum Gasteiger partial charge on any atom is 0.314 e. The molecule has 0 aromatic heterocycles. The van der Waals surface area contributed by atoms with Crippen LogP contribution in [0.15, 0.2) is 24.3 Å². The molecule has 1 rings (SSSR count). The van der Waals surface area contributed by atoms with Gasteiger partial charge in [0, 0.05) is 6.54 Å². The molecule has 21 heavy (non-hydrogen) atoms. The lowest BCUT2D eigenvalue weighted by Gasteiger charge is -2.14. The summed E-state index contributed by atoms with van der Waals surface area (Å²) >= 11 is 0. The third-order valence-electron chi connectivity index (χ3n) is 3.03. The summed E-state index contributed by atoms with van der Waals surface area (Å²) in [7, 11) is 0. The first-order chi connectivity index (χ1) is 10.0. The summed E-state index contributed by atoms with van der Waals surface area (Å²) in [6.45, 7) is 7.26. The van der Waals surface area contributed by atoms with Crippen molar-refractivity contribution in [3.63, 3.8) is 0 Å². The van der Waals surface area contributed by atoms with Gasteiger partial charge in [-0.15, -0.1) is 0 Å². The Balaban J connectivity index is 2.24. The lowest BCUT2D eigenvalue weighted by Crippen LogP contribution is -2.38. The molecule has 3 N–H and O–H groups in total. The average Bonchev–Trinajstić information content (AvgIpc) is 2.43. The average molecular weight is 294 g/mol. The lowest BCUT2D eigenvalue weighted by molar-refractivity contribution is 0.183. The Hall–Kier alpha value is -1.75. The largest absolute Gasteiger partial charge is 0.491 e. The zero-order valence-electron chi connectivity index (χ0n) is 13.1. The molecule has 1 aromatic carbocycles.